The number of ether oxygens (including phenoxy) is 2. The van der Waals surface area contributed by atoms with Crippen LogP contribution in [-0.2, 0) is 13.0 Å². The van der Waals surface area contributed by atoms with Gasteiger partial charge in [0.15, 0.2) is 11.5 Å². The Bertz CT molecular complexity index is 1210. The molecule has 5 rings (SSSR count). The zero-order chi connectivity index (χ0) is 24.2. The standard InChI is InChI=1S/C25H29N7O3/c1-34-22-13-17-5-10-32(16-18(17)14-23(22)35-2)25-28-7-3-19(30-25)24(33)29-20-15-27-6-4-21(20)31-11-8-26-9-12-31/h3-4,6-7,13-15,26H,5,8-12,16H2,1-2H3,(H,29,33). The summed E-state index contributed by atoms with van der Waals surface area (Å²) in [6, 6.07) is 7.59. The van der Waals surface area contributed by atoms with Gasteiger partial charge < -0.3 is 29.9 Å². The molecule has 10 nitrogen and oxygen atoms in total. The van der Waals surface area contributed by atoms with Gasteiger partial charge in [0.1, 0.15) is 5.69 Å². The number of carbonyl (C=O) groups is 1. The van der Waals surface area contributed by atoms with Gasteiger partial charge in [0.2, 0.25) is 5.95 Å². The number of fused-ring (bicyclic) bond motifs is 1. The van der Waals surface area contributed by atoms with E-state index < -0.39 is 0 Å². The van der Waals surface area contributed by atoms with Crippen molar-refractivity contribution in [1.82, 2.24) is 20.3 Å². The highest BCUT2D eigenvalue weighted by molar-refractivity contribution is 6.04. The number of aromatic nitrogens is 3. The maximum absolute atomic E-state index is 13.1. The SMILES string of the molecule is COc1cc2c(cc1OC)CN(c1nccc(C(=O)Nc3cnccc3N3CCNCC3)n1)CC2. The number of hydrogen-bond donors (Lipinski definition) is 2. The van der Waals surface area contributed by atoms with Gasteiger partial charge in [-0.1, -0.05) is 0 Å². The number of hydrogen-bond acceptors (Lipinski definition) is 9. The highest BCUT2D eigenvalue weighted by atomic mass is 16.5. The Balaban J connectivity index is 1.33. The number of nitrogens with zero attached hydrogens (tertiary/aromatic N) is 5. The predicted octanol–water partition coefficient (Wildman–Crippen LogP) is 2.11. The summed E-state index contributed by atoms with van der Waals surface area (Å²) in [5.74, 6) is 1.65. The normalized spacial score (nSPS) is 15.4. The van der Waals surface area contributed by atoms with Gasteiger partial charge in [0.25, 0.3) is 5.91 Å². The topological polar surface area (TPSA) is 105 Å². The largest absolute Gasteiger partial charge is 0.493 e. The van der Waals surface area contributed by atoms with Crippen molar-refractivity contribution >= 4 is 23.2 Å². The molecule has 0 bridgehead atoms. The summed E-state index contributed by atoms with van der Waals surface area (Å²) in [4.78, 5) is 30.7. The highest BCUT2D eigenvalue weighted by Gasteiger charge is 2.23. The van der Waals surface area contributed by atoms with Crippen molar-refractivity contribution in [2.75, 3.05) is 62.1 Å². The van der Waals surface area contributed by atoms with Gasteiger partial charge in [-0.3, -0.25) is 9.78 Å². The minimum Gasteiger partial charge on any atom is -0.493 e. The lowest BCUT2D eigenvalue weighted by atomic mass is 9.99. The van der Waals surface area contributed by atoms with Crippen LogP contribution in [0, 0.1) is 0 Å². The molecule has 0 radical (unpaired) electrons. The molecule has 0 aliphatic carbocycles. The number of methoxy groups -OCH3 is 2. The second kappa shape index (κ2) is 10.1. The summed E-state index contributed by atoms with van der Waals surface area (Å²) in [7, 11) is 3.27. The third-order valence-corrected chi connectivity index (χ3v) is 6.38. The molecule has 1 aromatic carbocycles. The van der Waals surface area contributed by atoms with Crippen molar-refractivity contribution in [2.24, 2.45) is 0 Å². The number of amides is 1. The average Bonchev–Trinajstić information content (AvgIpc) is 2.92. The second-order valence-corrected chi connectivity index (χ2v) is 8.47. The monoisotopic (exact) mass is 475 g/mol. The summed E-state index contributed by atoms with van der Waals surface area (Å²) >= 11 is 0. The van der Waals surface area contributed by atoms with E-state index in [1.165, 1.54) is 5.56 Å². The summed E-state index contributed by atoms with van der Waals surface area (Å²) < 4.78 is 10.9. The number of carbonyl (C=O) groups excluding carboxylic acids is 1. The minimum atomic E-state index is -0.290. The Labute approximate surface area is 204 Å². The molecule has 0 spiro atoms. The van der Waals surface area contributed by atoms with Crippen molar-refractivity contribution in [3.05, 3.63) is 59.7 Å². The molecule has 4 heterocycles. The van der Waals surface area contributed by atoms with Gasteiger partial charge in [0.05, 0.1) is 31.8 Å². The molecule has 35 heavy (non-hydrogen) atoms. The lowest BCUT2D eigenvalue weighted by Crippen LogP contribution is -2.43. The molecule has 2 aliphatic heterocycles. The van der Waals surface area contributed by atoms with Gasteiger partial charge in [0, 0.05) is 51.7 Å². The van der Waals surface area contributed by atoms with Crippen molar-refractivity contribution in [2.45, 2.75) is 13.0 Å². The quantitative estimate of drug-likeness (QED) is 0.555. The van der Waals surface area contributed by atoms with Gasteiger partial charge in [-0.15, -0.1) is 0 Å². The highest BCUT2D eigenvalue weighted by Crippen LogP contribution is 2.34. The fraction of sp³-hybridized carbons (Fsp3) is 0.360. The average molecular weight is 476 g/mol. The molecule has 2 aromatic heterocycles. The molecule has 1 amide bonds. The van der Waals surface area contributed by atoms with Crippen LogP contribution in [0.3, 0.4) is 0 Å². The lowest BCUT2D eigenvalue weighted by molar-refractivity contribution is 0.102. The van der Waals surface area contributed by atoms with Crippen molar-refractivity contribution in [3.8, 4) is 11.5 Å². The van der Waals surface area contributed by atoms with Crippen LogP contribution < -0.4 is 29.9 Å². The van der Waals surface area contributed by atoms with Crippen LogP contribution in [0.1, 0.15) is 21.6 Å². The van der Waals surface area contributed by atoms with Crippen LogP contribution in [-0.4, -0.2) is 67.8 Å². The first-order valence-electron chi connectivity index (χ1n) is 11.7. The molecule has 10 heteroatoms. The van der Waals surface area contributed by atoms with E-state index in [0.717, 1.165) is 56.1 Å². The van der Waals surface area contributed by atoms with E-state index in [-0.39, 0.29) is 5.91 Å². The molecule has 182 valence electrons. The molecule has 1 saturated heterocycles. The molecular formula is C25H29N7O3. The van der Waals surface area contributed by atoms with Gasteiger partial charge in [-0.25, -0.2) is 9.97 Å². The van der Waals surface area contributed by atoms with Crippen LogP contribution >= 0.6 is 0 Å². The molecule has 0 atom stereocenters. The van der Waals surface area contributed by atoms with Crippen LogP contribution in [0.4, 0.5) is 17.3 Å². The summed E-state index contributed by atoms with van der Waals surface area (Å²) in [5.41, 5.74) is 4.28. The number of benzene rings is 1. The van der Waals surface area contributed by atoms with Crippen LogP contribution in [0.15, 0.2) is 42.9 Å². The maximum atomic E-state index is 13.1. The molecule has 1 fully saturated rings. The number of pyridine rings is 1. The molecule has 0 unspecified atom stereocenters. The third-order valence-electron chi connectivity index (χ3n) is 6.38. The van der Waals surface area contributed by atoms with Gasteiger partial charge in [-0.05, 0) is 41.8 Å². The third kappa shape index (κ3) is 4.83. The zero-order valence-electron chi connectivity index (χ0n) is 20.0. The van der Waals surface area contributed by atoms with E-state index in [1.54, 1.807) is 38.9 Å². The first-order chi connectivity index (χ1) is 17.2. The zero-order valence-corrected chi connectivity index (χ0v) is 20.0. The second-order valence-electron chi connectivity index (χ2n) is 8.47. The number of anilines is 3. The van der Waals surface area contributed by atoms with Crippen molar-refractivity contribution in [1.29, 1.82) is 0 Å². The molecule has 2 aliphatic rings. The first-order valence-corrected chi connectivity index (χ1v) is 11.7. The summed E-state index contributed by atoms with van der Waals surface area (Å²) in [5, 5.41) is 6.34. The fourth-order valence-corrected chi connectivity index (χ4v) is 4.53. The Kier molecular flexibility index (Phi) is 6.62. The smallest absolute Gasteiger partial charge is 0.274 e. The number of nitrogens with one attached hydrogen (secondary N) is 2. The van der Waals surface area contributed by atoms with E-state index >= 15 is 0 Å². The van der Waals surface area contributed by atoms with Gasteiger partial charge in [-0.2, -0.15) is 0 Å². The van der Waals surface area contributed by atoms with E-state index in [9.17, 15) is 4.79 Å². The number of rotatable bonds is 6. The minimum absolute atomic E-state index is 0.290. The van der Waals surface area contributed by atoms with Crippen LogP contribution in [0.5, 0.6) is 11.5 Å². The fourth-order valence-electron chi connectivity index (χ4n) is 4.53. The summed E-state index contributed by atoms with van der Waals surface area (Å²) in [6.07, 6.45) is 5.87. The molecule has 0 saturated carbocycles. The van der Waals surface area contributed by atoms with Crippen LogP contribution in [0.2, 0.25) is 0 Å². The van der Waals surface area contributed by atoms with Crippen molar-refractivity contribution in [3.63, 3.8) is 0 Å². The van der Waals surface area contributed by atoms with Gasteiger partial charge >= 0.3 is 0 Å². The number of piperazine rings is 1. The maximum Gasteiger partial charge on any atom is 0.274 e. The van der Waals surface area contributed by atoms with E-state index in [1.807, 2.05) is 18.2 Å². The Morgan fingerprint density at radius 2 is 1.77 bits per heavy atom. The van der Waals surface area contributed by atoms with Crippen molar-refractivity contribution < 1.29 is 14.3 Å². The van der Waals surface area contributed by atoms with Crippen LogP contribution in [0.25, 0.3) is 0 Å². The Morgan fingerprint density at radius 3 is 2.54 bits per heavy atom. The first kappa shape index (κ1) is 22.9. The van der Waals surface area contributed by atoms with E-state index in [4.69, 9.17) is 9.47 Å². The van der Waals surface area contributed by atoms with E-state index in [2.05, 4.69) is 35.4 Å². The predicted molar refractivity (Wildman–Crippen MR) is 134 cm³/mol. The Hall–Kier alpha value is -3.92. The van der Waals surface area contributed by atoms with E-state index in [0.29, 0.717) is 29.6 Å². The lowest BCUT2D eigenvalue weighted by Gasteiger charge is -2.31. The molecular weight excluding hydrogens is 446 g/mol. The molecule has 3 aromatic rings. The molecule has 2 N–H and O–H groups in total. The summed E-state index contributed by atoms with van der Waals surface area (Å²) in [6.45, 7) is 4.92. The Morgan fingerprint density at radius 1 is 1.00 bits per heavy atom.